The van der Waals surface area contributed by atoms with Crippen molar-refractivity contribution in [2.24, 2.45) is 0 Å². The zero-order chi connectivity index (χ0) is 20.2. The smallest absolute Gasteiger partial charge is 0.414 e. The van der Waals surface area contributed by atoms with Gasteiger partial charge in [-0.3, -0.25) is 5.32 Å². The summed E-state index contributed by atoms with van der Waals surface area (Å²) in [5, 5.41) is 11.8. The van der Waals surface area contributed by atoms with Crippen LogP contribution >= 0.6 is 0 Å². The largest absolute Gasteiger partial charge is 0.492 e. The van der Waals surface area contributed by atoms with Crippen LogP contribution in [0.25, 0.3) is 22.1 Å². The molecule has 0 saturated heterocycles. The summed E-state index contributed by atoms with van der Waals surface area (Å²) in [5.74, 6) is 0.907. The fourth-order valence-corrected chi connectivity index (χ4v) is 3.30. The van der Waals surface area contributed by atoms with Crippen molar-refractivity contribution in [2.75, 3.05) is 18.5 Å². The van der Waals surface area contributed by atoms with Crippen LogP contribution in [0.5, 0.6) is 5.75 Å². The second-order valence-corrected chi connectivity index (χ2v) is 6.44. The van der Waals surface area contributed by atoms with E-state index in [-0.39, 0.29) is 12.6 Å². The van der Waals surface area contributed by atoms with Gasteiger partial charge in [-0.05, 0) is 31.5 Å². The molecule has 2 aromatic carbocycles. The maximum absolute atomic E-state index is 11.7. The van der Waals surface area contributed by atoms with Gasteiger partial charge in [0.25, 0.3) is 5.95 Å². The monoisotopic (exact) mass is 391 g/mol. The molecule has 8 nitrogen and oxygen atoms in total. The van der Waals surface area contributed by atoms with Crippen LogP contribution < -0.4 is 10.1 Å². The lowest BCUT2D eigenvalue weighted by Gasteiger charge is -2.10. The van der Waals surface area contributed by atoms with E-state index >= 15 is 0 Å². The maximum Gasteiger partial charge on any atom is 0.414 e. The van der Waals surface area contributed by atoms with Crippen LogP contribution in [0.2, 0.25) is 0 Å². The number of aryl methyl sites for hydroxylation is 1. The molecule has 148 valence electrons. The molecule has 0 aliphatic rings. The van der Waals surface area contributed by atoms with Crippen molar-refractivity contribution in [3.63, 3.8) is 0 Å². The third-order valence-electron chi connectivity index (χ3n) is 4.50. The van der Waals surface area contributed by atoms with Crippen LogP contribution in [-0.2, 0) is 11.3 Å². The molecule has 2 aromatic heterocycles. The summed E-state index contributed by atoms with van der Waals surface area (Å²) >= 11 is 0. The predicted molar refractivity (Wildman–Crippen MR) is 110 cm³/mol. The fraction of sp³-hybridized carbons (Fsp3) is 0.238. The lowest BCUT2D eigenvalue weighted by molar-refractivity contribution is 0.167. The Bertz CT molecular complexity index is 1160. The van der Waals surface area contributed by atoms with Crippen LogP contribution in [0.15, 0.2) is 48.5 Å². The number of fused-ring (bicyclic) bond motifs is 3. The number of nitrogens with zero attached hydrogens (tertiary/aromatic N) is 4. The Morgan fingerprint density at radius 1 is 1.10 bits per heavy atom. The predicted octanol–water partition coefficient (Wildman–Crippen LogP) is 3.94. The van der Waals surface area contributed by atoms with E-state index in [1.807, 2.05) is 60.0 Å². The standard InChI is InChI=1S/C21H21N5O3/c1-3-28-21(27)23-20-22-19-17(24-25-20)16-11-7-8-14(2)18(16)26(19)12-13-29-15-9-5-4-6-10-15/h4-11H,3,12-13H2,1-2H3,(H,22,23,25,27). The Labute approximate surface area is 167 Å². The topological polar surface area (TPSA) is 91.2 Å². The second kappa shape index (κ2) is 8.14. The molecule has 29 heavy (non-hydrogen) atoms. The Kier molecular flexibility index (Phi) is 5.24. The van der Waals surface area contributed by atoms with Gasteiger partial charge in [-0.1, -0.05) is 36.4 Å². The number of anilines is 1. The van der Waals surface area contributed by atoms with Crippen LogP contribution in [0.4, 0.5) is 10.7 Å². The number of hydrogen-bond donors (Lipinski definition) is 1. The molecular weight excluding hydrogens is 370 g/mol. The molecule has 0 bridgehead atoms. The number of carbonyl (C=O) groups is 1. The number of benzene rings is 2. The highest BCUT2D eigenvalue weighted by Gasteiger charge is 2.17. The fourth-order valence-electron chi connectivity index (χ4n) is 3.30. The van der Waals surface area contributed by atoms with Gasteiger partial charge in [0.15, 0.2) is 5.65 Å². The van der Waals surface area contributed by atoms with E-state index < -0.39 is 6.09 Å². The number of aromatic nitrogens is 4. The molecule has 0 saturated carbocycles. The van der Waals surface area contributed by atoms with Crippen LogP contribution in [0.1, 0.15) is 12.5 Å². The van der Waals surface area contributed by atoms with Crippen molar-refractivity contribution in [3.8, 4) is 5.75 Å². The molecule has 0 aliphatic heterocycles. The Morgan fingerprint density at radius 2 is 1.93 bits per heavy atom. The first-order valence-electron chi connectivity index (χ1n) is 9.41. The molecular formula is C21H21N5O3. The summed E-state index contributed by atoms with van der Waals surface area (Å²) < 4.78 is 12.8. The first-order valence-corrected chi connectivity index (χ1v) is 9.41. The number of rotatable bonds is 6. The Hall–Kier alpha value is -3.68. The van der Waals surface area contributed by atoms with Crippen molar-refractivity contribution in [1.29, 1.82) is 0 Å². The highest BCUT2D eigenvalue weighted by Crippen LogP contribution is 2.28. The van der Waals surface area contributed by atoms with Gasteiger partial charge in [0, 0.05) is 5.39 Å². The van der Waals surface area contributed by atoms with Gasteiger partial charge >= 0.3 is 6.09 Å². The quantitative estimate of drug-likeness (QED) is 0.535. The highest BCUT2D eigenvalue weighted by molar-refractivity contribution is 6.05. The number of ether oxygens (including phenoxy) is 2. The van der Waals surface area contributed by atoms with Crippen molar-refractivity contribution < 1.29 is 14.3 Å². The van der Waals surface area contributed by atoms with Crippen LogP contribution in [-0.4, -0.2) is 39.1 Å². The summed E-state index contributed by atoms with van der Waals surface area (Å²) in [6.07, 6.45) is -0.611. The first kappa shape index (κ1) is 18.7. The van der Waals surface area contributed by atoms with Gasteiger partial charge in [-0.2, -0.15) is 4.98 Å². The molecule has 0 spiro atoms. The van der Waals surface area contributed by atoms with Gasteiger partial charge in [-0.25, -0.2) is 4.79 Å². The minimum absolute atomic E-state index is 0.0987. The van der Waals surface area contributed by atoms with E-state index in [0.717, 1.165) is 22.2 Å². The lowest BCUT2D eigenvalue weighted by Crippen LogP contribution is -2.16. The molecule has 8 heteroatoms. The highest BCUT2D eigenvalue weighted by atomic mass is 16.5. The van der Waals surface area contributed by atoms with Crippen LogP contribution in [0.3, 0.4) is 0 Å². The van der Waals surface area contributed by atoms with Gasteiger partial charge < -0.3 is 14.0 Å². The normalized spacial score (nSPS) is 11.0. The molecule has 0 unspecified atom stereocenters. The van der Waals surface area contributed by atoms with Crippen molar-refractivity contribution in [1.82, 2.24) is 19.7 Å². The van der Waals surface area contributed by atoms with E-state index in [0.29, 0.717) is 24.3 Å². The first-order chi connectivity index (χ1) is 14.2. The molecule has 4 aromatic rings. The zero-order valence-electron chi connectivity index (χ0n) is 16.3. The summed E-state index contributed by atoms with van der Waals surface area (Å²) in [4.78, 5) is 16.2. The lowest BCUT2D eigenvalue weighted by atomic mass is 10.1. The van der Waals surface area contributed by atoms with Crippen molar-refractivity contribution >= 4 is 34.1 Å². The van der Waals surface area contributed by atoms with Crippen molar-refractivity contribution in [3.05, 3.63) is 54.1 Å². The Morgan fingerprint density at radius 3 is 2.72 bits per heavy atom. The number of hydrogen-bond acceptors (Lipinski definition) is 6. The molecule has 4 rings (SSSR count). The minimum atomic E-state index is -0.611. The third-order valence-corrected chi connectivity index (χ3v) is 4.50. The molecule has 0 atom stereocenters. The van der Waals surface area contributed by atoms with E-state index in [4.69, 9.17) is 9.47 Å². The molecule has 2 heterocycles. The van der Waals surface area contributed by atoms with Crippen LogP contribution in [0, 0.1) is 6.92 Å². The second-order valence-electron chi connectivity index (χ2n) is 6.44. The molecule has 1 N–H and O–H groups in total. The number of para-hydroxylation sites is 2. The average molecular weight is 391 g/mol. The summed E-state index contributed by atoms with van der Waals surface area (Å²) in [6.45, 7) is 5.06. The van der Waals surface area contributed by atoms with E-state index in [2.05, 4.69) is 20.5 Å². The molecule has 0 aliphatic carbocycles. The van der Waals surface area contributed by atoms with E-state index in [1.54, 1.807) is 6.92 Å². The molecule has 0 radical (unpaired) electrons. The number of amides is 1. The van der Waals surface area contributed by atoms with E-state index in [9.17, 15) is 4.79 Å². The summed E-state index contributed by atoms with van der Waals surface area (Å²) in [5.41, 5.74) is 3.43. The molecule has 1 amide bonds. The summed E-state index contributed by atoms with van der Waals surface area (Å²) in [7, 11) is 0. The minimum Gasteiger partial charge on any atom is -0.492 e. The number of nitrogens with one attached hydrogen (secondary N) is 1. The SMILES string of the molecule is CCOC(=O)Nc1nnc2c3cccc(C)c3n(CCOc3ccccc3)c2n1. The average Bonchev–Trinajstić information content (AvgIpc) is 3.03. The Balaban J connectivity index is 1.71. The summed E-state index contributed by atoms with van der Waals surface area (Å²) in [6, 6.07) is 15.7. The molecule has 0 fully saturated rings. The van der Waals surface area contributed by atoms with Crippen molar-refractivity contribution in [2.45, 2.75) is 20.4 Å². The van der Waals surface area contributed by atoms with Gasteiger partial charge in [0.05, 0.1) is 18.7 Å². The maximum atomic E-state index is 11.7. The third kappa shape index (κ3) is 3.82. The number of carbonyl (C=O) groups excluding carboxylic acids is 1. The van der Waals surface area contributed by atoms with Gasteiger partial charge in [-0.15, -0.1) is 10.2 Å². The van der Waals surface area contributed by atoms with Gasteiger partial charge in [0.1, 0.15) is 17.9 Å². The zero-order valence-corrected chi connectivity index (χ0v) is 16.3. The van der Waals surface area contributed by atoms with E-state index in [1.165, 1.54) is 0 Å². The van der Waals surface area contributed by atoms with Gasteiger partial charge in [0.2, 0.25) is 0 Å².